The van der Waals surface area contributed by atoms with Crippen LogP contribution in [-0.4, -0.2) is 14.4 Å². The summed E-state index contributed by atoms with van der Waals surface area (Å²) in [6.07, 6.45) is 0. The van der Waals surface area contributed by atoms with E-state index in [1.807, 2.05) is 0 Å². The Hall–Kier alpha value is -1.07. The van der Waals surface area contributed by atoms with E-state index >= 15 is 0 Å². The molecule has 1 aromatic carbocycles. The van der Waals surface area contributed by atoms with Gasteiger partial charge in [0.15, 0.2) is 0 Å². The fourth-order valence-electron chi connectivity index (χ4n) is 0.847. The Bertz CT molecular complexity index is 452. The van der Waals surface area contributed by atoms with Crippen LogP contribution in [0.15, 0.2) is 29.2 Å². The molecule has 0 aliphatic heterocycles. The average molecular weight is 235 g/mol. The van der Waals surface area contributed by atoms with Crippen molar-refractivity contribution < 1.29 is 17.4 Å². The number of hydrogen-bond acceptors (Lipinski definition) is 4. The second kappa shape index (κ2) is 3.98. The first-order valence-corrected chi connectivity index (χ1v) is 5.41. The minimum atomic E-state index is -4.07. The molecular weight excluding hydrogens is 228 g/mol. The van der Waals surface area contributed by atoms with Gasteiger partial charge in [-0.15, -0.1) is 0 Å². The van der Waals surface area contributed by atoms with Gasteiger partial charge in [-0.25, -0.2) is 0 Å². The number of carbonyl (C=O) groups is 1. The second-order valence-electron chi connectivity index (χ2n) is 2.46. The van der Waals surface area contributed by atoms with Gasteiger partial charge in [0.05, 0.1) is 5.02 Å². The Morgan fingerprint density at radius 3 is 2.43 bits per heavy atom. The van der Waals surface area contributed by atoms with Gasteiger partial charge in [0.1, 0.15) is 4.90 Å². The summed E-state index contributed by atoms with van der Waals surface area (Å²) in [6, 6.07) is 5.73. The third kappa shape index (κ3) is 2.46. The van der Waals surface area contributed by atoms with E-state index in [2.05, 4.69) is 4.18 Å². The number of benzene rings is 1. The maximum absolute atomic E-state index is 11.3. The maximum atomic E-state index is 11.3. The Morgan fingerprint density at radius 1 is 1.36 bits per heavy atom. The van der Waals surface area contributed by atoms with Crippen LogP contribution in [0.1, 0.15) is 6.92 Å². The molecule has 0 amide bonds. The van der Waals surface area contributed by atoms with Crippen molar-refractivity contribution in [2.24, 2.45) is 0 Å². The fraction of sp³-hybridized carbons (Fsp3) is 0.125. The van der Waals surface area contributed by atoms with Gasteiger partial charge in [-0.1, -0.05) is 23.7 Å². The lowest BCUT2D eigenvalue weighted by Crippen LogP contribution is -2.10. The Labute approximate surface area is 86.6 Å². The lowest BCUT2D eigenvalue weighted by atomic mass is 10.4. The van der Waals surface area contributed by atoms with Gasteiger partial charge in [0.25, 0.3) is 0 Å². The van der Waals surface area contributed by atoms with Crippen LogP contribution < -0.4 is 0 Å². The van der Waals surface area contributed by atoms with Gasteiger partial charge in [0.2, 0.25) is 0 Å². The Kier molecular flexibility index (Phi) is 3.13. The summed E-state index contributed by atoms with van der Waals surface area (Å²) in [5.74, 6) is -0.898. The predicted octanol–water partition coefficient (Wildman–Crippen LogP) is 1.59. The van der Waals surface area contributed by atoms with E-state index in [-0.39, 0.29) is 9.92 Å². The van der Waals surface area contributed by atoms with Gasteiger partial charge < -0.3 is 4.18 Å². The van der Waals surface area contributed by atoms with Gasteiger partial charge in [-0.3, -0.25) is 4.79 Å². The summed E-state index contributed by atoms with van der Waals surface area (Å²) in [6.45, 7) is 1.01. The molecule has 0 saturated carbocycles. The highest BCUT2D eigenvalue weighted by molar-refractivity contribution is 7.87. The molecule has 0 spiro atoms. The molecular formula is C8H7ClO4S. The van der Waals surface area contributed by atoms with Crippen molar-refractivity contribution in [2.75, 3.05) is 0 Å². The molecule has 1 aromatic rings. The van der Waals surface area contributed by atoms with Crippen molar-refractivity contribution >= 4 is 27.7 Å². The molecule has 6 heteroatoms. The number of carbonyl (C=O) groups excluding carboxylic acids is 1. The van der Waals surface area contributed by atoms with E-state index < -0.39 is 16.1 Å². The molecule has 76 valence electrons. The van der Waals surface area contributed by atoms with Crippen molar-refractivity contribution in [1.29, 1.82) is 0 Å². The first-order chi connectivity index (χ1) is 6.43. The van der Waals surface area contributed by atoms with Crippen LogP contribution in [0.3, 0.4) is 0 Å². The highest BCUT2D eigenvalue weighted by atomic mass is 35.5. The normalized spacial score (nSPS) is 11.0. The monoisotopic (exact) mass is 234 g/mol. The molecule has 14 heavy (non-hydrogen) atoms. The maximum Gasteiger partial charge on any atom is 0.343 e. The SMILES string of the molecule is CC(=O)OS(=O)(=O)c1ccccc1Cl. The van der Waals surface area contributed by atoms with Crippen LogP contribution in [0.25, 0.3) is 0 Å². The topological polar surface area (TPSA) is 60.4 Å². The summed E-state index contributed by atoms with van der Waals surface area (Å²) < 4.78 is 26.8. The molecule has 0 atom stereocenters. The third-order valence-corrected chi connectivity index (χ3v) is 3.12. The highest BCUT2D eigenvalue weighted by Crippen LogP contribution is 2.22. The van der Waals surface area contributed by atoms with Crippen molar-refractivity contribution in [3.8, 4) is 0 Å². The quantitative estimate of drug-likeness (QED) is 0.729. The van der Waals surface area contributed by atoms with Crippen molar-refractivity contribution in [3.05, 3.63) is 29.3 Å². The number of rotatable bonds is 2. The molecule has 0 unspecified atom stereocenters. The lowest BCUT2D eigenvalue weighted by molar-refractivity contribution is -0.131. The Morgan fingerprint density at radius 2 is 1.93 bits per heavy atom. The van der Waals surface area contributed by atoms with Crippen LogP contribution >= 0.6 is 11.6 Å². The predicted molar refractivity (Wildman–Crippen MR) is 50.4 cm³/mol. The molecule has 0 aromatic heterocycles. The van der Waals surface area contributed by atoms with Gasteiger partial charge in [-0.05, 0) is 12.1 Å². The second-order valence-corrected chi connectivity index (χ2v) is 4.38. The highest BCUT2D eigenvalue weighted by Gasteiger charge is 2.20. The molecule has 0 aliphatic rings. The van der Waals surface area contributed by atoms with Crippen LogP contribution in [0.5, 0.6) is 0 Å². The van der Waals surface area contributed by atoms with E-state index in [4.69, 9.17) is 11.6 Å². The summed E-state index contributed by atoms with van der Waals surface area (Å²) in [5.41, 5.74) is 0. The van der Waals surface area contributed by atoms with Gasteiger partial charge in [0, 0.05) is 6.92 Å². The molecule has 1 rings (SSSR count). The van der Waals surface area contributed by atoms with Crippen LogP contribution in [-0.2, 0) is 19.1 Å². The van der Waals surface area contributed by atoms with Crippen LogP contribution in [0.2, 0.25) is 5.02 Å². The molecule has 0 fully saturated rings. The first-order valence-electron chi connectivity index (χ1n) is 3.63. The van der Waals surface area contributed by atoms with Crippen LogP contribution in [0, 0.1) is 0 Å². The van der Waals surface area contributed by atoms with Gasteiger partial charge >= 0.3 is 16.1 Å². The van der Waals surface area contributed by atoms with E-state index in [1.165, 1.54) is 18.2 Å². The number of hydrogen-bond donors (Lipinski definition) is 0. The van der Waals surface area contributed by atoms with E-state index in [9.17, 15) is 13.2 Å². The number of halogens is 1. The summed E-state index contributed by atoms with van der Waals surface area (Å²) in [4.78, 5) is 10.3. The van der Waals surface area contributed by atoms with Gasteiger partial charge in [-0.2, -0.15) is 8.42 Å². The average Bonchev–Trinajstić information content (AvgIpc) is 2.02. The minimum absolute atomic E-state index is 0.0220. The molecule has 0 saturated heterocycles. The summed E-state index contributed by atoms with van der Waals surface area (Å²) >= 11 is 5.62. The molecule has 0 N–H and O–H groups in total. The molecule has 0 radical (unpaired) electrons. The van der Waals surface area contributed by atoms with Crippen molar-refractivity contribution in [1.82, 2.24) is 0 Å². The molecule has 0 bridgehead atoms. The standard InChI is InChI=1S/C8H7ClO4S/c1-6(10)13-14(11,12)8-5-3-2-4-7(8)9/h2-5H,1H3. The fourth-order valence-corrected chi connectivity index (χ4v) is 2.22. The largest absolute Gasteiger partial charge is 0.343 e. The Balaban J connectivity index is 3.17. The van der Waals surface area contributed by atoms with Crippen molar-refractivity contribution in [2.45, 2.75) is 11.8 Å². The van der Waals surface area contributed by atoms with Crippen molar-refractivity contribution in [3.63, 3.8) is 0 Å². The molecule has 4 nitrogen and oxygen atoms in total. The smallest absolute Gasteiger partial charge is 0.343 e. The molecule has 0 heterocycles. The minimum Gasteiger partial charge on any atom is -0.343 e. The summed E-state index contributed by atoms with van der Waals surface area (Å²) in [7, 11) is -4.07. The summed E-state index contributed by atoms with van der Waals surface area (Å²) in [5, 5.41) is 0.0220. The molecule has 0 aliphatic carbocycles. The van der Waals surface area contributed by atoms with E-state index in [1.54, 1.807) is 6.07 Å². The zero-order valence-electron chi connectivity index (χ0n) is 7.23. The van der Waals surface area contributed by atoms with E-state index in [0.29, 0.717) is 0 Å². The zero-order chi connectivity index (χ0) is 10.8. The third-order valence-electron chi connectivity index (χ3n) is 1.33. The van der Waals surface area contributed by atoms with E-state index in [0.717, 1.165) is 6.92 Å². The van der Waals surface area contributed by atoms with Crippen LogP contribution in [0.4, 0.5) is 0 Å². The first kappa shape index (κ1) is 11.0. The zero-order valence-corrected chi connectivity index (χ0v) is 8.80. The lowest BCUT2D eigenvalue weighted by Gasteiger charge is -2.04.